The molecule has 0 bridgehead atoms. The molecule has 2 N–H and O–H groups in total. The molecule has 0 radical (unpaired) electrons. The summed E-state index contributed by atoms with van der Waals surface area (Å²) in [6.45, 7) is 6.67. The lowest BCUT2D eigenvalue weighted by molar-refractivity contribution is -0.226. The summed E-state index contributed by atoms with van der Waals surface area (Å²) in [5.74, 6) is -0.477. The first-order chi connectivity index (χ1) is 6.54. The van der Waals surface area contributed by atoms with E-state index in [1.165, 1.54) is 0 Å². The zero-order valence-corrected chi connectivity index (χ0v) is 9.88. The third kappa shape index (κ3) is 6.32. The molecule has 1 unspecified atom stereocenters. The lowest BCUT2D eigenvalue weighted by atomic mass is 10.2. The van der Waals surface area contributed by atoms with Gasteiger partial charge in [-0.2, -0.15) is 0 Å². The highest BCUT2D eigenvalue weighted by Gasteiger charge is 2.22. The fourth-order valence-corrected chi connectivity index (χ4v) is 0.965. The molecule has 86 valence electrons. The molecule has 0 rings (SSSR count). The van der Waals surface area contributed by atoms with Crippen molar-refractivity contribution < 1.29 is 9.47 Å². The Hall–Kier alpha value is -0.160. The fourth-order valence-electron chi connectivity index (χ4n) is 0.965. The summed E-state index contributed by atoms with van der Waals surface area (Å²) < 4.78 is 11.2. The van der Waals surface area contributed by atoms with Crippen molar-refractivity contribution in [1.82, 2.24) is 4.90 Å². The minimum Gasteiger partial charge on any atom is -0.349 e. The van der Waals surface area contributed by atoms with E-state index in [-0.39, 0.29) is 0 Å². The highest BCUT2D eigenvalue weighted by atomic mass is 16.7. The average Bonchev–Trinajstić information content (AvgIpc) is 2.14. The maximum absolute atomic E-state index is 5.67. The summed E-state index contributed by atoms with van der Waals surface area (Å²) in [5, 5.41) is 0. The van der Waals surface area contributed by atoms with Crippen LogP contribution in [0.3, 0.4) is 0 Å². The molecule has 0 saturated carbocycles. The Kier molecular flexibility index (Phi) is 7.09. The van der Waals surface area contributed by atoms with Gasteiger partial charge in [-0.3, -0.25) is 0 Å². The lowest BCUT2D eigenvalue weighted by Crippen LogP contribution is -2.35. The van der Waals surface area contributed by atoms with Gasteiger partial charge in [0.15, 0.2) is 5.79 Å². The number of hydrogen-bond acceptors (Lipinski definition) is 4. The molecule has 0 aliphatic heterocycles. The van der Waals surface area contributed by atoms with E-state index in [2.05, 4.69) is 4.90 Å². The maximum atomic E-state index is 5.67. The molecule has 4 heteroatoms. The normalized spacial score (nSPS) is 15.9. The quantitative estimate of drug-likeness (QED) is 0.590. The first-order valence-corrected chi connectivity index (χ1v) is 5.17. The number of likely N-dealkylation sites (N-methyl/N-ethyl adjacent to an activating group) is 1. The Bertz CT molecular complexity index is 142. The second-order valence-corrected chi connectivity index (χ2v) is 3.78. The van der Waals surface area contributed by atoms with Gasteiger partial charge in [-0.25, -0.2) is 0 Å². The van der Waals surface area contributed by atoms with Crippen LogP contribution in [0.5, 0.6) is 0 Å². The zero-order valence-electron chi connectivity index (χ0n) is 9.88. The second-order valence-electron chi connectivity index (χ2n) is 3.78. The van der Waals surface area contributed by atoms with E-state index in [9.17, 15) is 0 Å². The molecule has 0 aliphatic rings. The fraction of sp³-hybridized carbons (Fsp3) is 1.00. The third-order valence-corrected chi connectivity index (χ3v) is 2.11. The van der Waals surface area contributed by atoms with Gasteiger partial charge in [0.25, 0.3) is 0 Å². The van der Waals surface area contributed by atoms with Crippen LogP contribution in [0.1, 0.15) is 20.3 Å². The van der Waals surface area contributed by atoms with E-state index in [4.69, 9.17) is 15.2 Å². The van der Waals surface area contributed by atoms with Crippen molar-refractivity contribution in [3.05, 3.63) is 0 Å². The van der Waals surface area contributed by atoms with E-state index < -0.39 is 5.79 Å². The van der Waals surface area contributed by atoms with Crippen LogP contribution in [0.15, 0.2) is 0 Å². The molecule has 0 aliphatic carbocycles. The van der Waals surface area contributed by atoms with Crippen molar-refractivity contribution in [2.45, 2.75) is 26.1 Å². The molecule has 0 aromatic carbocycles. The zero-order chi connectivity index (χ0) is 11.0. The first-order valence-electron chi connectivity index (χ1n) is 5.17. The summed E-state index contributed by atoms with van der Waals surface area (Å²) in [7, 11) is 4.04. The summed E-state index contributed by atoms with van der Waals surface area (Å²) >= 11 is 0. The predicted molar refractivity (Wildman–Crippen MR) is 58.2 cm³/mol. The molecule has 0 spiro atoms. The number of nitrogens with zero attached hydrogens (tertiary/aromatic N) is 1. The molecular formula is C10H24N2O2. The van der Waals surface area contributed by atoms with Gasteiger partial charge in [-0.15, -0.1) is 0 Å². The van der Waals surface area contributed by atoms with Crippen molar-refractivity contribution in [2.75, 3.05) is 40.4 Å². The second kappa shape index (κ2) is 7.17. The van der Waals surface area contributed by atoms with Gasteiger partial charge in [0.1, 0.15) is 0 Å². The van der Waals surface area contributed by atoms with Crippen molar-refractivity contribution in [1.29, 1.82) is 0 Å². The molecule has 0 saturated heterocycles. The van der Waals surface area contributed by atoms with Crippen molar-refractivity contribution in [3.8, 4) is 0 Å². The average molecular weight is 204 g/mol. The van der Waals surface area contributed by atoms with Gasteiger partial charge >= 0.3 is 0 Å². The number of nitrogens with two attached hydrogens (primary N) is 1. The molecular weight excluding hydrogens is 180 g/mol. The molecule has 0 fully saturated rings. The van der Waals surface area contributed by atoms with Crippen LogP contribution >= 0.6 is 0 Å². The highest BCUT2D eigenvalue weighted by molar-refractivity contribution is 4.60. The Morgan fingerprint density at radius 3 is 2.21 bits per heavy atom. The molecule has 0 aromatic heterocycles. The molecule has 0 aromatic rings. The van der Waals surface area contributed by atoms with Gasteiger partial charge in [-0.1, -0.05) is 6.92 Å². The van der Waals surface area contributed by atoms with Crippen molar-refractivity contribution in [2.24, 2.45) is 5.73 Å². The first kappa shape index (κ1) is 13.8. The van der Waals surface area contributed by atoms with E-state index in [1.54, 1.807) is 0 Å². The highest BCUT2D eigenvalue weighted by Crippen LogP contribution is 2.16. The molecule has 0 amide bonds. The van der Waals surface area contributed by atoms with Crippen LogP contribution in [-0.4, -0.2) is 51.1 Å². The smallest absolute Gasteiger partial charge is 0.165 e. The summed E-state index contributed by atoms with van der Waals surface area (Å²) in [6, 6.07) is 0. The third-order valence-electron chi connectivity index (χ3n) is 2.11. The van der Waals surface area contributed by atoms with Crippen LogP contribution in [0.25, 0.3) is 0 Å². The minimum atomic E-state index is -0.477. The van der Waals surface area contributed by atoms with Crippen LogP contribution < -0.4 is 5.73 Å². The van der Waals surface area contributed by atoms with E-state index >= 15 is 0 Å². The van der Waals surface area contributed by atoms with Gasteiger partial charge in [-0.05, 0) is 27.4 Å². The predicted octanol–water partition coefficient (Wildman–Crippen LogP) is 0.666. The van der Waals surface area contributed by atoms with Crippen molar-refractivity contribution in [3.63, 3.8) is 0 Å². The molecule has 1 atom stereocenters. The van der Waals surface area contributed by atoms with Gasteiger partial charge < -0.3 is 20.1 Å². The monoisotopic (exact) mass is 204 g/mol. The van der Waals surface area contributed by atoms with Gasteiger partial charge in [0, 0.05) is 13.1 Å². The molecule has 0 heterocycles. The summed E-state index contributed by atoms with van der Waals surface area (Å²) in [5.41, 5.74) is 5.38. The Morgan fingerprint density at radius 1 is 1.21 bits per heavy atom. The van der Waals surface area contributed by atoms with Gasteiger partial charge in [0.2, 0.25) is 0 Å². The SMILES string of the molecule is CCC(C)(OCCN)OCCN(C)C. The van der Waals surface area contributed by atoms with Crippen molar-refractivity contribution >= 4 is 0 Å². The maximum Gasteiger partial charge on any atom is 0.165 e. The Morgan fingerprint density at radius 2 is 1.79 bits per heavy atom. The Balaban J connectivity index is 3.74. The number of ether oxygens (including phenoxy) is 2. The van der Waals surface area contributed by atoms with Crippen LogP contribution in [0.4, 0.5) is 0 Å². The lowest BCUT2D eigenvalue weighted by Gasteiger charge is -2.29. The summed E-state index contributed by atoms with van der Waals surface area (Å²) in [4.78, 5) is 2.08. The standard InChI is InChI=1S/C10H24N2O2/c1-5-10(2,13-8-6-11)14-9-7-12(3)4/h5-9,11H2,1-4H3. The van der Waals surface area contributed by atoms with Crippen LogP contribution in [-0.2, 0) is 9.47 Å². The van der Waals surface area contributed by atoms with Gasteiger partial charge in [0.05, 0.1) is 13.2 Å². The van der Waals surface area contributed by atoms with E-state index in [0.29, 0.717) is 19.8 Å². The van der Waals surface area contributed by atoms with Crippen LogP contribution in [0.2, 0.25) is 0 Å². The van der Waals surface area contributed by atoms with Crippen LogP contribution in [0, 0.1) is 0 Å². The minimum absolute atomic E-state index is 0.477. The topological polar surface area (TPSA) is 47.7 Å². The molecule has 14 heavy (non-hydrogen) atoms. The Labute approximate surface area is 87.4 Å². The number of rotatable bonds is 8. The number of hydrogen-bond donors (Lipinski definition) is 1. The van der Waals surface area contributed by atoms with E-state index in [1.807, 2.05) is 27.9 Å². The summed E-state index contributed by atoms with van der Waals surface area (Å²) in [6.07, 6.45) is 0.834. The largest absolute Gasteiger partial charge is 0.349 e. The van der Waals surface area contributed by atoms with E-state index in [0.717, 1.165) is 13.0 Å². The molecule has 4 nitrogen and oxygen atoms in total.